The molecule has 0 saturated carbocycles. The molecule has 1 saturated heterocycles. The number of benzene rings is 2. The molecule has 0 aromatic heterocycles. The molecule has 2 aromatic rings. The third-order valence-electron chi connectivity index (χ3n) is 4.32. The molecule has 3 rings (SSSR count). The lowest BCUT2D eigenvalue weighted by Crippen LogP contribution is -2.49. The van der Waals surface area contributed by atoms with E-state index in [9.17, 15) is 4.79 Å². The van der Waals surface area contributed by atoms with E-state index in [2.05, 4.69) is 5.32 Å². The number of hydroxylamine groups is 1. The van der Waals surface area contributed by atoms with Crippen LogP contribution in [0.3, 0.4) is 0 Å². The van der Waals surface area contributed by atoms with E-state index in [1.54, 1.807) is 0 Å². The van der Waals surface area contributed by atoms with Gasteiger partial charge in [0.25, 0.3) is 5.91 Å². The largest absolute Gasteiger partial charge is 0.457 e. The van der Waals surface area contributed by atoms with Gasteiger partial charge in [0.05, 0.1) is 0 Å². The van der Waals surface area contributed by atoms with Crippen molar-refractivity contribution in [2.45, 2.75) is 29.4 Å². The minimum atomic E-state index is -0.640. The summed E-state index contributed by atoms with van der Waals surface area (Å²) in [6.07, 6.45) is 1.34. The zero-order valence-electron chi connectivity index (χ0n) is 14.1. The number of ether oxygens (including phenoxy) is 1. The molecular formula is C19H22N2O3S. The summed E-state index contributed by atoms with van der Waals surface area (Å²) < 4.78 is 5.19. The summed E-state index contributed by atoms with van der Waals surface area (Å²) in [6.45, 7) is 3.55. The van der Waals surface area contributed by atoms with Crippen LogP contribution in [0.5, 0.6) is 11.5 Å². The first kappa shape index (κ1) is 17.8. The molecule has 0 spiro atoms. The van der Waals surface area contributed by atoms with E-state index in [0.717, 1.165) is 29.5 Å². The number of aryl methyl sites for hydroxylation is 1. The molecule has 2 aromatic carbocycles. The van der Waals surface area contributed by atoms with E-state index >= 15 is 0 Å². The molecule has 0 atom stereocenters. The van der Waals surface area contributed by atoms with Gasteiger partial charge in [0.1, 0.15) is 16.2 Å². The van der Waals surface area contributed by atoms with Gasteiger partial charge < -0.3 is 10.1 Å². The van der Waals surface area contributed by atoms with Crippen LogP contribution < -0.4 is 15.5 Å². The summed E-state index contributed by atoms with van der Waals surface area (Å²) in [7, 11) is 0. The second kappa shape index (κ2) is 7.91. The van der Waals surface area contributed by atoms with Crippen molar-refractivity contribution in [2.75, 3.05) is 13.1 Å². The van der Waals surface area contributed by atoms with Gasteiger partial charge in [0.15, 0.2) is 0 Å². The normalized spacial score (nSPS) is 16.2. The minimum Gasteiger partial charge on any atom is -0.457 e. The molecule has 25 heavy (non-hydrogen) atoms. The number of amides is 1. The van der Waals surface area contributed by atoms with Crippen molar-refractivity contribution in [2.24, 2.45) is 0 Å². The zero-order chi connectivity index (χ0) is 17.7. The van der Waals surface area contributed by atoms with Crippen molar-refractivity contribution in [3.63, 3.8) is 0 Å². The lowest BCUT2D eigenvalue weighted by molar-refractivity contribution is -0.132. The van der Waals surface area contributed by atoms with Crippen LogP contribution in [-0.4, -0.2) is 29.0 Å². The summed E-state index contributed by atoms with van der Waals surface area (Å²) in [5.41, 5.74) is 3.02. The number of hydrogen-bond acceptors (Lipinski definition) is 5. The summed E-state index contributed by atoms with van der Waals surface area (Å²) in [5.74, 6) is 1.21. The highest BCUT2D eigenvalue weighted by atomic mass is 32.2. The maximum Gasteiger partial charge on any atom is 0.260 e. The quantitative estimate of drug-likeness (QED) is 0.564. The van der Waals surface area contributed by atoms with Crippen LogP contribution in [0.15, 0.2) is 53.4 Å². The molecule has 1 amide bonds. The van der Waals surface area contributed by atoms with E-state index < -0.39 is 4.75 Å². The van der Waals surface area contributed by atoms with Crippen LogP contribution in [0.25, 0.3) is 0 Å². The van der Waals surface area contributed by atoms with Crippen molar-refractivity contribution in [1.82, 2.24) is 10.8 Å². The molecule has 1 aliphatic rings. The summed E-state index contributed by atoms with van der Waals surface area (Å²) in [4.78, 5) is 13.2. The topological polar surface area (TPSA) is 70.6 Å². The van der Waals surface area contributed by atoms with Crippen LogP contribution in [0, 0.1) is 6.92 Å². The Hall–Kier alpha value is -2.02. The Balaban J connectivity index is 1.70. The maximum absolute atomic E-state index is 12.2. The monoisotopic (exact) mass is 358 g/mol. The van der Waals surface area contributed by atoms with E-state index in [1.165, 1.54) is 17.3 Å². The third kappa shape index (κ3) is 4.34. The average Bonchev–Trinajstić information content (AvgIpc) is 2.65. The number of rotatable bonds is 5. The number of thioether (sulfide) groups is 1. The maximum atomic E-state index is 12.2. The predicted octanol–water partition coefficient (Wildman–Crippen LogP) is 3.51. The van der Waals surface area contributed by atoms with Gasteiger partial charge >= 0.3 is 0 Å². The van der Waals surface area contributed by atoms with Gasteiger partial charge in [-0.15, -0.1) is 11.8 Å². The van der Waals surface area contributed by atoms with Gasteiger partial charge in [-0.3, -0.25) is 10.0 Å². The van der Waals surface area contributed by atoms with E-state index in [4.69, 9.17) is 9.94 Å². The summed E-state index contributed by atoms with van der Waals surface area (Å²) in [6, 6.07) is 15.6. The Morgan fingerprint density at radius 2 is 1.64 bits per heavy atom. The van der Waals surface area contributed by atoms with Gasteiger partial charge in [-0.05, 0) is 69.3 Å². The van der Waals surface area contributed by atoms with Crippen molar-refractivity contribution < 1.29 is 14.7 Å². The molecule has 1 heterocycles. The van der Waals surface area contributed by atoms with Crippen LogP contribution in [-0.2, 0) is 4.79 Å². The SMILES string of the molecule is Cc1ccc(Oc2ccc(SC3(C(=O)NO)CCNCC3)cc2)cc1. The Morgan fingerprint density at radius 3 is 2.20 bits per heavy atom. The Kier molecular flexibility index (Phi) is 5.63. The number of piperidine rings is 1. The van der Waals surface area contributed by atoms with Gasteiger partial charge in [0.2, 0.25) is 0 Å². The molecule has 0 radical (unpaired) electrons. The molecule has 1 aliphatic heterocycles. The fraction of sp³-hybridized carbons (Fsp3) is 0.316. The Bertz CT molecular complexity index is 710. The van der Waals surface area contributed by atoms with Crippen LogP contribution in [0.1, 0.15) is 18.4 Å². The van der Waals surface area contributed by atoms with Gasteiger partial charge in [-0.25, -0.2) is 5.48 Å². The molecule has 0 aliphatic carbocycles. The molecule has 6 heteroatoms. The third-order valence-corrected chi connectivity index (χ3v) is 5.81. The van der Waals surface area contributed by atoms with Crippen molar-refractivity contribution >= 4 is 17.7 Å². The highest BCUT2D eigenvalue weighted by Gasteiger charge is 2.40. The van der Waals surface area contributed by atoms with Gasteiger partial charge in [-0.1, -0.05) is 17.7 Å². The first-order chi connectivity index (χ1) is 12.1. The van der Waals surface area contributed by atoms with Crippen molar-refractivity contribution in [3.8, 4) is 11.5 Å². The first-order valence-corrected chi connectivity index (χ1v) is 9.12. The number of carbonyl (C=O) groups is 1. The molecule has 0 unspecified atom stereocenters. The summed E-state index contributed by atoms with van der Waals surface area (Å²) in [5, 5.41) is 12.4. The minimum absolute atomic E-state index is 0.334. The van der Waals surface area contributed by atoms with Crippen molar-refractivity contribution in [3.05, 3.63) is 54.1 Å². The predicted molar refractivity (Wildman–Crippen MR) is 98.3 cm³/mol. The standard InChI is InChI=1S/C19H22N2O3S/c1-14-2-4-15(5-3-14)24-16-6-8-17(9-7-16)25-19(18(22)21-23)10-12-20-13-11-19/h2-9,20,23H,10-13H2,1H3,(H,21,22). The molecule has 5 nitrogen and oxygen atoms in total. The Morgan fingerprint density at radius 1 is 1.08 bits per heavy atom. The molecule has 0 bridgehead atoms. The average molecular weight is 358 g/mol. The molecular weight excluding hydrogens is 336 g/mol. The molecule has 132 valence electrons. The Labute approximate surface area is 151 Å². The lowest BCUT2D eigenvalue weighted by atomic mass is 9.96. The number of carbonyl (C=O) groups excluding carboxylic acids is 1. The van der Waals surface area contributed by atoms with Crippen molar-refractivity contribution in [1.29, 1.82) is 0 Å². The number of hydrogen-bond donors (Lipinski definition) is 3. The zero-order valence-corrected chi connectivity index (χ0v) is 14.9. The highest BCUT2D eigenvalue weighted by molar-refractivity contribution is 8.01. The first-order valence-electron chi connectivity index (χ1n) is 8.30. The molecule has 1 fully saturated rings. The summed E-state index contributed by atoms with van der Waals surface area (Å²) >= 11 is 1.49. The lowest BCUT2D eigenvalue weighted by Gasteiger charge is -2.34. The fourth-order valence-corrected chi connectivity index (χ4v) is 4.12. The van der Waals surface area contributed by atoms with E-state index in [-0.39, 0.29) is 5.91 Å². The van der Waals surface area contributed by atoms with Gasteiger partial charge in [-0.2, -0.15) is 0 Å². The van der Waals surface area contributed by atoms with E-state index in [0.29, 0.717) is 12.8 Å². The van der Waals surface area contributed by atoms with Crippen LogP contribution in [0.4, 0.5) is 0 Å². The van der Waals surface area contributed by atoms with Crippen LogP contribution >= 0.6 is 11.8 Å². The molecule has 3 N–H and O–H groups in total. The second-order valence-electron chi connectivity index (χ2n) is 6.17. The number of nitrogens with one attached hydrogen (secondary N) is 2. The second-order valence-corrected chi connectivity index (χ2v) is 7.63. The highest BCUT2D eigenvalue weighted by Crippen LogP contribution is 2.40. The smallest absolute Gasteiger partial charge is 0.260 e. The van der Waals surface area contributed by atoms with Gasteiger partial charge in [0, 0.05) is 4.90 Å². The van der Waals surface area contributed by atoms with E-state index in [1.807, 2.05) is 60.9 Å². The van der Waals surface area contributed by atoms with Crippen LogP contribution in [0.2, 0.25) is 0 Å². The fourth-order valence-electron chi connectivity index (χ4n) is 2.85.